The van der Waals surface area contributed by atoms with E-state index in [0.29, 0.717) is 11.8 Å². The zero-order valence-corrected chi connectivity index (χ0v) is 9.82. The van der Waals surface area contributed by atoms with Crippen LogP contribution in [-0.4, -0.2) is 4.92 Å². The topological polar surface area (TPSA) is 43.1 Å². The molecule has 18 heavy (non-hydrogen) atoms. The van der Waals surface area contributed by atoms with Gasteiger partial charge in [0.25, 0.3) is 5.69 Å². The van der Waals surface area contributed by atoms with Crippen molar-refractivity contribution in [1.82, 2.24) is 0 Å². The van der Waals surface area contributed by atoms with Crippen molar-refractivity contribution in [2.75, 3.05) is 0 Å². The first-order valence-electron chi connectivity index (χ1n) is 6.05. The van der Waals surface area contributed by atoms with Crippen LogP contribution in [0.1, 0.15) is 29.4 Å². The average Bonchev–Trinajstić information content (AvgIpc) is 3.20. The molecule has 0 saturated heterocycles. The molecule has 0 amide bonds. The van der Waals surface area contributed by atoms with Crippen LogP contribution in [0.4, 0.5) is 5.69 Å². The summed E-state index contributed by atoms with van der Waals surface area (Å²) in [6.07, 6.45) is 1.14. The summed E-state index contributed by atoms with van der Waals surface area (Å²) < 4.78 is 0. The van der Waals surface area contributed by atoms with Crippen molar-refractivity contribution in [2.24, 2.45) is 0 Å². The van der Waals surface area contributed by atoms with Crippen LogP contribution in [0.2, 0.25) is 0 Å². The standard InChI is InChI=1S/C15H13NO2/c17-16(18)13-8-6-12(7-9-13)15-10-14(15)11-4-2-1-3-5-11/h1-9,14-15H,10H2/t14-,15?/m0/s1. The zero-order valence-electron chi connectivity index (χ0n) is 9.82. The molecule has 0 aromatic heterocycles. The first kappa shape index (κ1) is 11.0. The molecular formula is C15H13NO2. The summed E-state index contributed by atoms with van der Waals surface area (Å²) in [4.78, 5) is 10.2. The van der Waals surface area contributed by atoms with Gasteiger partial charge in [0.2, 0.25) is 0 Å². The molecule has 1 saturated carbocycles. The molecule has 90 valence electrons. The van der Waals surface area contributed by atoms with E-state index in [0.717, 1.165) is 6.42 Å². The molecule has 1 aliphatic rings. The predicted molar refractivity (Wildman–Crippen MR) is 69.6 cm³/mol. The smallest absolute Gasteiger partial charge is 0.258 e. The summed E-state index contributed by atoms with van der Waals surface area (Å²) in [5.74, 6) is 1.10. The van der Waals surface area contributed by atoms with Gasteiger partial charge < -0.3 is 0 Å². The summed E-state index contributed by atoms with van der Waals surface area (Å²) in [6.45, 7) is 0. The minimum absolute atomic E-state index is 0.163. The van der Waals surface area contributed by atoms with E-state index >= 15 is 0 Å². The summed E-state index contributed by atoms with van der Waals surface area (Å²) in [5, 5.41) is 10.6. The van der Waals surface area contributed by atoms with Gasteiger partial charge in [-0.1, -0.05) is 42.5 Å². The Morgan fingerprint density at radius 3 is 2.00 bits per heavy atom. The summed E-state index contributed by atoms with van der Waals surface area (Å²) in [7, 11) is 0. The molecule has 0 bridgehead atoms. The van der Waals surface area contributed by atoms with Crippen LogP contribution in [0.15, 0.2) is 54.6 Å². The van der Waals surface area contributed by atoms with Crippen molar-refractivity contribution in [3.63, 3.8) is 0 Å². The highest BCUT2D eigenvalue weighted by molar-refractivity contribution is 5.40. The van der Waals surface area contributed by atoms with Crippen LogP contribution >= 0.6 is 0 Å². The van der Waals surface area contributed by atoms with Gasteiger partial charge in [-0.2, -0.15) is 0 Å². The Balaban J connectivity index is 1.77. The van der Waals surface area contributed by atoms with Crippen molar-refractivity contribution in [1.29, 1.82) is 0 Å². The molecule has 2 aromatic rings. The number of hydrogen-bond acceptors (Lipinski definition) is 2. The fraction of sp³-hybridized carbons (Fsp3) is 0.200. The van der Waals surface area contributed by atoms with Crippen molar-refractivity contribution < 1.29 is 4.92 Å². The second-order valence-electron chi connectivity index (χ2n) is 4.71. The lowest BCUT2D eigenvalue weighted by Crippen LogP contribution is -1.89. The Labute approximate surface area is 105 Å². The second kappa shape index (κ2) is 4.26. The molecule has 2 atom stereocenters. The van der Waals surface area contributed by atoms with Gasteiger partial charge in [-0.15, -0.1) is 0 Å². The largest absolute Gasteiger partial charge is 0.269 e. The van der Waals surface area contributed by atoms with Crippen molar-refractivity contribution in [2.45, 2.75) is 18.3 Å². The third-order valence-electron chi connectivity index (χ3n) is 3.55. The number of rotatable bonds is 3. The molecule has 0 spiro atoms. The quantitative estimate of drug-likeness (QED) is 0.602. The molecule has 0 aliphatic heterocycles. The fourth-order valence-electron chi connectivity index (χ4n) is 2.48. The second-order valence-corrected chi connectivity index (χ2v) is 4.71. The number of non-ortho nitro benzene ring substituents is 1. The molecule has 1 aliphatic carbocycles. The minimum Gasteiger partial charge on any atom is -0.258 e. The van der Waals surface area contributed by atoms with E-state index in [1.807, 2.05) is 18.2 Å². The van der Waals surface area contributed by atoms with Gasteiger partial charge in [-0.25, -0.2) is 0 Å². The average molecular weight is 239 g/mol. The van der Waals surface area contributed by atoms with E-state index in [-0.39, 0.29) is 10.6 Å². The molecular weight excluding hydrogens is 226 g/mol. The highest BCUT2D eigenvalue weighted by atomic mass is 16.6. The lowest BCUT2D eigenvalue weighted by atomic mass is 10.0. The molecule has 0 N–H and O–H groups in total. The number of hydrogen-bond donors (Lipinski definition) is 0. The fourth-order valence-corrected chi connectivity index (χ4v) is 2.48. The highest BCUT2D eigenvalue weighted by Crippen LogP contribution is 2.54. The maximum atomic E-state index is 10.6. The van der Waals surface area contributed by atoms with Gasteiger partial charge in [0.05, 0.1) is 4.92 Å². The normalized spacial score (nSPS) is 21.6. The Bertz CT molecular complexity index is 563. The van der Waals surface area contributed by atoms with Crippen LogP contribution in [0.5, 0.6) is 0 Å². The number of nitro groups is 1. The number of nitrogens with zero attached hydrogens (tertiary/aromatic N) is 1. The number of benzene rings is 2. The van der Waals surface area contributed by atoms with E-state index in [1.54, 1.807) is 12.1 Å². The Morgan fingerprint density at radius 2 is 1.44 bits per heavy atom. The van der Waals surface area contributed by atoms with Gasteiger partial charge in [0, 0.05) is 12.1 Å². The Kier molecular flexibility index (Phi) is 2.59. The minimum atomic E-state index is -0.356. The van der Waals surface area contributed by atoms with Crippen molar-refractivity contribution in [3.8, 4) is 0 Å². The molecule has 0 heterocycles. The van der Waals surface area contributed by atoms with E-state index in [9.17, 15) is 10.1 Å². The zero-order chi connectivity index (χ0) is 12.5. The molecule has 1 fully saturated rings. The molecule has 2 aromatic carbocycles. The molecule has 1 unspecified atom stereocenters. The van der Waals surface area contributed by atoms with Crippen molar-refractivity contribution >= 4 is 5.69 Å². The van der Waals surface area contributed by atoms with Crippen LogP contribution in [-0.2, 0) is 0 Å². The van der Waals surface area contributed by atoms with Crippen molar-refractivity contribution in [3.05, 3.63) is 75.8 Å². The first-order valence-corrected chi connectivity index (χ1v) is 6.05. The summed E-state index contributed by atoms with van der Waals surface area (Å²) >= 11 is 0. The summed E-state index contributed by atoms with van der Waals surface area (Å²) in [5.41, 5.74) is 2.73. The lowest BCUT2D eigenvalue weighted by Gasteiger charge is -2.01. The maximum absolute atomic E-state index is 10.6. The van der Waals surface area contributed by atoms with Crippen LogP contribution in [0.25, 0.3) is 0 Å². The maximum Gasteiger partial charge on any atom is 0.269 e. The predicted octanol–water partition coefficient (Wildman–Crippen LogP) is 3.87. The Morgan fingerprint density at radius 1 is 0.889 bits per heavy atom. The molecule has 3 rings (SSSR count). The van der Waals surface area contributed by atoms with E-state index in [4.69, 9.17) is 0 Å². The van der Waals surface area contributed by atoms with E-state index in [1.165, 1.54) is 11.1 Å². The molecule has 3 nitrogen and oxygen atoms in total. The SMILES string of the molecule is O=[N+]([O-])c1ccc(C2C[C@H]2c2ccccc2)cc1. The number of nitro benzene ring substituents is 1. The van der Waals surface area contributed by atoms with E-state index in [2.05, 4.69) is 24.3 Å². The van der Waals surface area contributed by atoms with Gasteiger partial charge >= 0.3 is 0 Å². The lowest BCUT2D eigenvalue weighted by molar-refractivity contribution is -0.384. The van der Waals surface area contributed by atoms with Gasteiger partial charge in [-0.05, 0) is 29.4 Å². The van der Waals surface area contributed by atoms with Crippen LogP contribution < -0.4 is 0 Å². The highest BCUT2D eigenvalue weighted by Gasteiger charge is 2.39. The van der Waals surface area contributed by atoms with Gasteiger partial charge in [0.1, 0.15) is 0 Å². The third-order valence-corrected chi connectivity index (χ3v) is 3.55. The van der Waals surface area contributed by atoms with Gasteiger partial charge in [-0.3, -0.25) is 10.1 Å². The monoisotopic (exact) mass is 239 g/mol. The first-order chi connectivity index (χ1) is 8.75. The van der Waals surface area contributed by atoms with E-state index < -0.39 is 0 Å². The van der Waals surface area contributed by atoms with Crippen LogP contribution in [0.3, 0.4) is 0 Å². The Hall–Kier alpha value is -2.16. The summed E-state index contributed by atoms with van der Waals surface area (Å²) in [6, 6.07) is 17.4. The van der Waals surface area contributed by atoms with Crippen LogP contribution in [0, 0.1) is 10.1 Å². The van der Waals surface area contributed by atoms with Gasteiger partial charge in [0.15, 0.2) is 0 Å². The molecule has 3 heteroatoms. The third kappa shape index (κ3) is 1.99. The molecule has 0 radical (unpaired) electrons.